The molecule has 0 unspecified atom stereocenters. The van der Waals surface area contributed by atoms with Gasteiger partial charge in [-0.1, -0.05) is 42.1 Å². The van der Waals surface area contributed by atoms with Gasteiger partial charge in [0.1, 0.15) is 0 Å². The summed E-state index contributed by atoms with van der Waals surface area (Å²) in [6.45, 7) is 1.71. The van der Waals surface area contributed by atoms with E-state index in [9.17, 15) is 22.8 Å². The number of aromatic amines is 1. The lowest BCUT2D eigenvalue weighted by Gasteiger charge is -2.09. The number of aromatic nitrogens is 2. The molecule has 3 aromatic rings. The van der Waals surface area contributed by atoms with Crippen molar-refractivity contribution < 1.29 is 18.0 Å². The fourth-order valence-electron chi connectivity index (χ4n) is 2.88. The van der Waals surface area contributed by atoms with Gasteiger partial charge in [0.2, 0.25) is 5.91 Å². The van der Waals surface area contributed by atoms with Gasteiger partial charge in [-0.05, 0) is 43.2 Å². The third-order valence-electron chi connectivity index (χ3n) is 4.52. The normalized spacial score (nSPS) is 11.4. The van der Waals surface area contributed by atoms with Gasteiger partial charge in [0.15, 0.2) is 5.16 Å². The SMILES string of the molecule is Cc1nc(SCc2ccccc2)[nH]c(=O)c1CCC(=O)Nc1ccc(C(F)(F)F)cc1. The highest BCUT2D eigenvalue weighted by Crippen LogP contribution is 2.29. The number of benzene rings is 2. The Hall–Kier alpha value is -3.07. The van der Waals surface area contributed by atoms with Crippen molar-refractivity contribution in [1.29, 1.82) is 0 Å². The molecule has 31 heavy (non-hydrogen) atoms. The van der Waals surface area contributed by atoms with Crippen LogP contribution in [-0.4, -0.2) is 15.9 Å². The third kappa shape index (κ3) is 6.45. The summed E-state index contributed by atoms with van der Waals surface area (Å²) in [5, 5.41) is 3.04. The molecule has 0 fully saturated rings. The molecule has 0 spiro atoms. The van der Waals surface area contributed by atoms with E-state index in [4.69, 9.17) is 0 Å². The van der Waals surface area contributed by atoms with Gasteiger partial charge in [0, 0.05) is 29.1 Å². The molecule has 0 aliphatic heterocycles. The van der Waals surface area contributed by atoms with Crippen molar-refractivity contribution in [2.75, 3.05) is 5.32 Å². The lowest BCUT2D eigenvalue weighted by atomic mass is 10.1. The number of hydrogen-bond donors (Lipinski definition) is 2. The van der Waals surface area contributed by atoms with E-state index in [1.165, 1.54) is 23.9 Å². The Balaban J connectivity index is 1.57. The molecule has 0 atom stereocenters. The van der Waals surface area contributed by atoms with Gasteiger partial charge in [-0.25, -0.2) is 4.98 Å². The van der Waals surface area contributed by atoms with E-state index in [2.05, 4.69) is 15.3 Å². The first-order valence-corrected chi connectivity index (χ1v) is 10.4. The summed E-state index contributed by atoms with van der Waals surface area (Å²) in [6.07, 6.45) is -4.26. The summed E-state index contributed by atoms with van der Waals surface area (Å²) in [5.41, 5.74) is 1.23. The summed E-state index contributed by atoms with van der Waals surface area (Å²) < 4.78 is 37.8. The topological polar surface area (TPSA) is 74.8 Å². The van der Waals surface area contributed by atoms with Crippen molar-refractivity contribution in [2.24, 2.45) is 0 Å². The van der Waals surface area contributed by atoms with Gasteiger partial charge in [-0.2, -0.15) is 13.2 Å². The summed E-state index contributed by atoms with van der Waals surface area (Å²) >= 11 is 1.41. The molecule has 2 aromatic carbocycles. The average Bonchev–Trinajstić information content (AvgIpc) is 2.72. The Labute approximate surface area is 181 Å². The first-order valence-electron chi connectivity index (χ1n) is 9.46. The number of nitrogens with one attached hydrogen (secondary N) is 2. The van der Waals surface area contributed by atoms with Gasteiger partial charge in [-0.15, -0.1) is 0 Å². The van der Waals surface area contributed by atoms with Crippen LogP contribution in [0.25, 0.3) is 0 Å². The van der Waals surface area contributed by atoms with Gasteiger partial charge >= 0.3 is 6.18 Å². The van der Waals surface area contributed by atoms with Crippen molar-refractivity contribution in [3.63, 3.8) is 0 Å². The molecule has 0 saturated heterocycles. The van der Waals surface area contributed by atoms with Gasteiger partial charge in [0.25, 0.3) is 5.56 Å². The zero-order chi connectivity index (χ0) is 22.4. The highest BCUT2D eigenvalue weighted by molar-refractivity contribution is 7.98. The number of amides is 1. The number of carbonyl (C=O) groups excluding carboxylic acids is 1. The highest BCUT2D eigenvalue weighted by Gasteiger charge is 2.30. The number of alkyl halides is 3. The number of nitrogens with zero attached hydrogens (tertiary/aromatic N) is 1. The fraction of sp³-hybridized carbons (Fsp3) is 0.227. The first kappa shape index (κ1) is 22.6. The lowest BCUT2D eigenvalue weighted by molar-refractivity contribution is -0.137. The molecule has 162 valence electrons. The lowest BCUT2D eigenvalue weighted by Crippen LogP contribution is -2.20. The van der Waals surface area contributed by atoms with E-state index in [1.54, 1.807) is 6.92 Å². The summed E-state index contributed by atoms with van der Waals surface area (Å²) in [4.78, 5) is 31.7. The van der Waals surface area contributed by atoms with E-state index in [1.807, 2.05) is 30.3 Å². The third-order valence-corrected chi connectivity index (χ3v) is 5.46. The van der Waals surface area contributed by atoms with Crippen LogP contribution in [0, 0.1) is 6.92 Å². The maximum absolute atomic E-state index is 12.6. The van der Waals surface area contributed by atoms with Crippen LogP contribution in [0.3, 0.4) is 0 Å². The van der Waals surface area contributed by atoms with Crippen LogP contribution in [0.1, 0.15) is 28.8 Å². The smallest absolute Gasteiger partial charge is 0.326 e. The molecule has 1 amide bonds. The standard InChI is InChI=1S/C22H20F3N3O2S/c1-14-18(20(30)28-21(26-14)31-13-15-5-3-2-4-6-15)11-12-19(29)27-17-9-7-16(8-10-17)22(23,24)25/h2-10H,11-13H2,1H3,(H,27,29)(H,26,28,30). The molecule has 0 radical (unpaired) electrons. The molecular formula is C22H20F3N3O2S. The maximum atomic E-state index is 12.6. The van der Waals surface area contributed by atoms with E-state index in [0.29, 0.717) is 22.2 Å². The molecule has 0 aliphatic carbocycles. The van der Waals surface area contributed by atoms with Crippen LogP contribution in [0.5, 0.6) is 0 Å². The van der Waals surface area contributed by atoms with E-state index >= 15 is 0 Å². The second kappa shape index (κ2) is 9.82. The van der Waals surface area contributed by atoms with Crippen molar-refractivity contribution in [2.45, 2.75) is 36.9 Å². The van der Waals surface area contributed by atoms with Gasteiger partial charge in [-0.3, -0.25) is 9.59 Å². The molecule has 0 saturated carbocycles. The Morgan fingerprint density at radius 3 is 2.39 bits per heavy atom. The van der Waals surface area contributed by atoms with Crippen LogP contribution < -0.4 is 10.9 Å². The van der Waals surface area contributed by atoms with Crippen molar-refractivity contribution in [3.05, 3.63) is 87.3 Å². The Morgan fingerprint density at radius 1 is 1.10 bits per heavy atom. The van der Waals surface area contributed by atoms with E-state index < -0.39 is 17.6 Å². The minimum Gasteiger partial charge on any atom is -0.326 e. The second-order valence-corrected chi connectivity index (χ2v) is 7.80. The number of anilines is 1. The summed E-state index contributed by atoms with van der Waals surface area (Å²) in [5.74, 6) is 0.263. The fourth-order valence-corrected chi connectivity index (χ4v) is 3.74. The molecule has 9 heteroatoms. The van der Waals surface area contributed by atoms with Crippen molar-refractivity contribution in [1.82, 2.24) is 9.97 Å². The minimum atomic E-state index is -4.43. The van der Waals surface area contributed by atoms with Crippen molar-refractivity contribution >= 4 is 23.4 Å². The van der Waals surface area contributed by atoms with E-state index in [0.717, 1.165) is 17.7 Å². The van der Waals surface area contributed by atoms with Gasteiger partial charge < -0.3 is 10.3 Å². The molecule has 3 rings (SSSR count). The monoisotopic (exact) mass is 447 g/mol. The quantitative estimate of drug-likeness (QED) is 0.397. The molecule has 2 N–H and O–H groups in total. The van der Waals surface area contributed by atoms with Crippen molar-refractivity contribution in [3.8, 4) is 0 Å². The number of thioether (sulfide) groups is 1. The first-order chi connectivity index (χ1) is 14.7. The number of rotatable bonds is 7. The summed E-state index contributed by atoms with van der Waals surface area (Å²) in [7, 11) is 0. The predicted molar refractivity (Wildman–Crippen MR) is 114 cm³/mol. The number of halogens is 3. The number of hydrogen-bond acceptors (Lipinski definition) is 4. The highest BCUT2D eigenvalue weighted by atomic mass is 32.2. The Kier molecular flexibility index (Phi) is 7.17. The number of aryl methyl sites for hydroxylation is 1. The van der Waals surface area contributed by atoms with Crippen LogP contribution in [0.4, 0.5) is 18.9 Å². The molecule has 5 nitrogen and oxygen atoms in total. The predicted octanol–water partition coefficient (Wildman–Crippen LogP) is 4.96. The van der Waals surface area contributed by atoms with Crippen LogP contribution in [0.15, 0.2) is 64.5 Å². The zero-order valence-corrected chi connectivity index (χ0v) is 17.4. The summed E-state index contributed by atoms with van der Waals surface area (Å²) in [6, 6.07) is 14.0. The number of H-pyrrole nitrogens is 1. The molecule has 0 bridgehead atoms. The van der Waals surface area contributed by atoms with Crippen LogP contribution >= 0.6 is 11.8 Å². The zero-order valence-electron chi connectivity index (χ0n) is 16.6. The second-order valence-electron chi connectivity index (χ2n) is 6.83. The van der Waals surface area contributed by atoms with Gasteiger partial charge in [0.05, 0.1) is 5.56 Å². The Bertz CT molecular complexity index is 1100. The minimum absolute atomic E-state index is 0.00310. The largest absolute Gasteiger partial charge is 0.416 e. The molecule has 0 aliphatic rings. The van der Waals surface area contributed by atoms with Crippen LogP contribution in [-0.2, 0) is 23.1 Å². The molecule has 1 heterocycles. The average molecular weight is 447 g/mol. The van der Waals surface area contributed by atoms with E-state index in [-0.39, 0.29) is 24.1 Å². The molecular weight excluding hydrogens is 427 g/mol. The maximum Gasteiger partial charge on any atom is 0.416 e. The molecule has 1 aromatic heterocycles. The number of carbonyl (C=O) groups is 1. The Morgan fingerprint density at radius 2 is 1.77 bits per heavy atom. The van der Waals surface area contributed by atoms with Crippen LogP contribution in [0.2, 0.25) is 0 Å².